The van der Waals surface area contributed by atoms with E-state index in [1.54, 1.807) is 12.1 Å². The SMILES string of the molecule is O=C(O)CCCN(Cc1ccc(F)cc1)C1CCOCC1. The van der Waals surface area contributed by atoms with E-state index in [2.05, 4.69) is 4.90 Å². The van der Waals surface area contributed by atoms with Gasteiger partial charge in [-0.1, -0.05) is 12.1 Å². The topological polar surface area (TPSA) is 49.8 Å². The number of hydrogen-bond donors (Lipinski definition) is 1. The van der Waals surface area contributed by atoms with E-state index in [0.717, 1.165) is 44.7 Å². The Morgan fingerprint density at radius 1 is 1.29 bits per heavy atom. The fraction of sp³-hybridized carbons (Fsp3) is 0.562. The quantitative estimate of drug-likeness (QED) is 0.840. The number of nitrogens with zero attached hydrogens (tertiary/aromatic N) is 1. The third-order valence-corrected chi connectivity index (χ3v) is 3.84. The molecule has 21 heavy (non-hydrogen) atoms. The summed E-state index contributed by atoms with van der Waals surface area (Å²) in [4.78, 5) is 13.0. The molecule has 0 aliphatic carbocycles. The maximum Gasteiger partial charge on any atom is 0.303 e. The van der Waals surface area contributed by atoms with E-state index >= 15 is 0 Å². The van der Waals surface area contributed by atoms with E-state index in [0.29, 0.717) is 12.5 Å². The number of carboxylic acids is 1. The normalized spacial score (nSPS) is 16.3. The Hall–Kier alpha value is -1.46. The third kappa shape index (κ3) is 5.44. The molecule has 1 aliphatic rings. The molecule has 2 rings (SSSR count). The first-order valence-corrected chi connectivity index (χ1v) is 7.43. The van der Waals surface area contributed by atoms with Crippen LogP contribution in [0.2, 0.25) is 0 Å². The zero-order valence-corrected chi connectivity index (χ0v) is 12.1. The van der Waals surface area contributed by atoms with E-state index in [-0.39, 0.29) is 12.2 Å². The molecule has 0 aromatic heterocycles. The Bertz CT molecular complexity index is 443. The van der Waals surface area contributed by atoms with E-state index in [9.17, 15) is 9.18 Å². The van der Waals surface area contributed by atoms with Crippen LogP contribution in [0.1, 0.15) is 31.2 Å². The van der Waals surface area contributed by atoms with Crippen molar-refractivity contribution in [2.45, 2.75) is 38.3 Å². The zero-order chi connectivity index (χ0) is 15.1. The van der Waals surface area contributed by atoms with Crippen molar-refractivity contribution in [3.8, 4) is 0 Å². The number of ether oxygens (including phenoxy) is 1. The molecule has 0 bridgehead atoms. The number of hydrogen-bond acceptors (Lipinski definition) is 3. The number of carboxylic acid groups (broad SMARTS) is 1. The fourth-order valence-electron chi connectivity index (χ4n) is 2.70. The average molecular weight is 295 g/mol. The van der Waals surface area contributed by atoms with Crippen molar-refractivity contribution in [3.05, 3.63) is 35.6 Å². The highest BCUT2D eigenvalue weighted by Crippen LogP contribution is 2.18. The minimum absolute atomic E-state index is 0.184. The largest absolute Gasteiger partial charge is 0.481 e. The summed E-state index contributed by atoms with van der Waals surface area (Å²) in [5.41, 5.74) is 1.05. The van der Waals surface area contributed by atoms with Crippen LogP contribution in [-0.2, 0) is 16.1 Å². The molecule has 116 valence electrons. The van der Waals surface area contributed by atoms with Crippen molar-refractivity contribution in [2.24, 2.45) is 0 Å². The third-order valence-electron chi connectivity index (χ3n) is 3.84. The molecular weight excluding hydrogens is 273 g/mol. The van der Waals surface area contributed by atoms with Crippen LogP contribution >= 0.6 is 0 Å². The summed E-state index contributed by atoms with van der Waals surface area (Å²) in [6, 6.07) is 6.93. The molecule has 5 heteroatoms. The number of carbonyl (C=O) groups is 1. The van der Waals surface area contributed by atoms with E-state index in [4.69, 9.17) is 9.84 Å². The van der Waals surface area contributed by atoms with Gasteiger partial charge in [0.15, 0.2) is 0 Å². The Labute approximate surface area is 124 Å². The minimum atomic E-state index is -0.760. The number of halogens is 1. The van der Waals surface area contributed by atoms with Crippen molar-refractivity contribution < 1.29 is 19.0 Å². The van der Waals surface area contributed by atoms with Crippen molar-refractivity contribution in [3.63, 3.8) is 0 Å². The molecule has 1 N–H and O–H groups in total. The lowest BCUT2D eigenvalue weighted by atomic mass is 10.0. The van der Waals surface area contributed by atoms with Gasteiger partial charge in [0.2, 0.25) is 0 Å². The number of benzene rings is 1. The summed E-state index contributed by atoms with van der Waals surface area (Å²) in [6.45, 7) is 2.98. The summed E-state index contributed by atoms with van der Waals surface area (Å²) in [6.07, 6.45) is 2.75. The molecule has 0 radical (unpaired) electrons. The van der Waals surface area contributed by atoms with Crippen molar-refractivity contribution in [2.75, 3.05) is 19.8 Å². The van der Waals surface area contributed by atoms with Gasteiger partial charge in [-0.2, -0.15) is 0 Å². The Kier molecular flexibility index (Phi) is 6.14. The lowest BCUT2D eigenvalue weighted by Crippen LogP contribution is -2.39. The lowest BCUT2D eigenvalue weighted by Gasteiger charge is -2.34. The van der Waals surface area contributed by atoms with Crippen molar-refractivity contribution >= 4 is 5.97 Å². The summed E-state index contributed by atoms with van der Waals surface area (Å²) < 4.78 is 18.4. The Morgan fingerprint density at radius 2 is 1.95 bits per heavy atom. The molecule has 4 nitrogen and oxygen atoms in total. The van der Waals surface area contributed by atoms with Crippen LogP contribution < -0.4 is 0 Å². The first kappa shape index (κ1) is 15.9. The monoisotopic (exact) mass is 295 g/mol. The molecule has 0 atom stereocenters. The zero-order valence-electron chi connectivity index (χ0n) is 12.1. The lowest BCUT2D eigenvalue weighted by molar-refractivity contribution is -0.137. The second-order valence-corrected chi connectivity index (χ2v) is 5.44. The molecule has 0 unspecified atom stereocenters. The maximum atomic E-state index is 13.0. The van der Waals surface area contributed by atoms with Crippen molar-refractivity contribution in [1.29, 1.82) is 0 Å². The van der Waals surface area contributed by atoms with Gasteiger partial charge >= 0.3 is 5.97 Å². The van der Waals surface area contributed by atoms with Crippen LogP contribution in [0.5, 0.6) is 0 Å². The summed E-state index contributed by atoms with van der Waals surface area (Å²) in [5.74, 6) is -0.994. The van der Waals surface area contributed by atoms with Crippen LogP contribution in [0.25, 0.3) is 0 Å². The van der Waals surface area contributed by atoms with Gasteiger partial charge < -0.3 is 9.84 Å². The predicted octanol–water partition coefficient (Wildman–Crippen LogP) is 2.67. The molecule has 1 heterocycles. The predicted molar refractivity (Wildman–Crippen MR) is 77.5 cm³/mol. The highest BCUT2D eigenvalue weighted by molar-refractivity contribution is 5.66. The number of aliphatic carboxylic acids is 1. The van der Waals surface area contributed by atoms with Gasteiger partial charge in [-0.15, -0.1) is 0 Å². The van der Waals surface area contributed by atoms with E-state index < -0.39 is 5.97 Å². The Balaban J connectivity index is 1.96. The van der Waals surface area contributed by atoms with Crippen LogP contribution in [-0.4, -0.2) is 41.8 Å². The van der Waals surface area contributed by atoms with E-state index in [1.807, 2.05) is 0 Å². The van der Waals surface area contributed by atoms with Gasteiger partial charge in [0, 0.05) is 32.2 Å². The van der Waals surface area contributed by atoms with Crippen molar-refractivity contribution in [1.82, 2.24) is 4.90 Å². The van der Waals surface area contributed by atoms with Gasteiger partial charge in [0.1, 0.15) is 5.82 Å². The van der Waals surface area contributed by atoms with Gasteiger partial charge in [-0.3, -0.25) is 9.69 Å². The highest BCUT2D eigenvalue weighted by atomic mass is 19.1. The van der Waals surface area contributed by atoms with Gasteiger partial charge in [0.25, 0.3) is 0 Å². The standard InChI is InChI=1S/C16H22FNO3/c17-14-5-3-13(4-6-14)12-18(9-1-2-16(19)20)15-7-10-21-11-8-15/h3-6,15H,1-2,7-12H2,(H,19,20). The first-order valence-electron chi connectivity index (χ1n) is 7.43. The highest BCUT2D eigenvalue weighted by Gasteiger charge is 2.21. The average Bonchev–Trinajstić information content (AvgIpc) is 2.49. The fourth-order valence-corrected chi connectivity index (χ4v) is 2.70. The first-order chi connectivity index (χ1) is 10.1. The molecule has 1 saturated heterocycles. The smallest absolute Gasteiger partial charge is 0.303 e. The molecule has 0 amide bonds. The van der Waals surface area contributed by atoms with Crippen LogP contribution in [0.3, 0.4) is 0 Å². The van der Waals surface area contributed by atoms with Gasteiger partial charge in [0.05, 0.1) is 0 Å². The van der Waals surface area contributed by atoms with Gasteiger partial charge in [-0.25, -0.2) is 4.39 Å². The van der Waals surface area contributed by atoms with Crippen LogP contribution in [0.15, 0.2) is 24.3 Å². The number of rotatable bonds is 7. The van der Waals surface area contributed by atoms with Crippen LogP contribution in [0, 0.1) is 5.82 Å². The summed E-state index contributed by atoms with van der Waals surface area (Å²) in [7, 11) is 0. The molecule has 1 aromatic carbocycles. The molecule has 1 fully saturated rings. The van der Waals surface area contributed by atoms with E-state index in [1.165, 1.54) is 12.1 Å². The second-order valence-electron chi connectivity index (χ2n) is 5.44. The molecule has 0 saturated carbocycles. The summed E-state index contributed by atoms with van der Waals surface area (Å²) >= 11 is 0. The van der Waals surface area contributed by atoms with Gasteiger partial charge in [-0.05, 0) is 43.5 Å². The maximum absolute atomic E-state index is 13.0. The molecule has 1 aromatic rings. The minimum Gasteiger partial charge on any atom is -0.481 e. The summed E-state index contributed by atoms with van der Waals surface area (Å²) in [5, 5.41) is 8.78. The molecule has 1 aliphatic heterocycles. The second kappa shape index (κ2) is 8.10. The van der Waals surface area contributed by atoms with Crippen LogP contribution in [0.4, 0.5) is 4.39 Å². The molecule has 0 spiro atoms. The molecular formula is C16H22FNO3. The Morgan fingerprint density at radius 3 is 2.57 bits per heavy atom.